The lowest BCUT2D eigenvalue weighted by molar-refractivity contribution is -0.120. The van der Waals surface area contributed by atoms with Gasteiger partial charge in [-0.15, -0.1) is 0 Å². The van der Waals surface area contributed by atoms with Crippen LogP contribution in [0.3, 0.4) is 0 Å². The van der Waals surface area contributed by atoms with Crippen molar-refractivity contribution in [1.82, 2.24) is 10.2 Å². The molecule has 1 atom stereocenters. The fourth-order valence-corrected chi connectivity index (χ4v) is 5.05. The molecule has 0 aromatic heterocycles. The Labute approximate surface area is 204 Å². The molecule has 4 nitrogen and oxygen atoms in total. The minimum Gasteiger partial charge on any atom is -0.345 e. The van der Waals surface area contributed by atoms with Crippen molar-refractivity contribution in [3.05, 3.63) is 101 Å². The zero-order valence-corrected chi connectivity index (χ0v) is 19.9. The molecule has 0 spiro atoms. The number of nitrogens with zero attached hydrogens (tertiary/aromatic N) is 1. The first-order chi connectivity index (χ1) is 16.5. The van der Waals surface area contributed by atoms with Crippen LogP contribution < -0.4 is 5.32 Å². The van der Waals surface area contributed by atoms with E-state index < -0.39 is 0 Å². The van der Waals surface area contributed by atoms with Crippen molar-refractivity contribution in [2.45, 2.75) is 39.3 Å². The molecule has 177 valence electrons. The third-order valence-corrected chi connectivity index (χ3v) is 7.17. The van der Waals surface area contributed by atoms with Crippen LogP contribution in [0.25, 0.3) is 10.8 Å². The van der Waals surface area contributed by atoms with E-state index in [0.717, 1.165) is 60.3 Å². The zero-order chi connectivity index (χ0) is 23.7. The van der Waals surface area contributed by atoms with Gasteiger partial charge in [0.15, 0.2) is 5.78 Å². The van der Waals surface area contributed by atoms with Gasteiger partial charge in [-0.3, -0.25) is 14.5 Å². The summed E-state index contributed by atoms with van der Waals surface area (Å²) in [5.74, 6) is 0.434. The van der Waals surface area contributed by atoms with Crippen LogP contribution in [0, 0.1) is 19.3 Å². The Morgan fingerprint density at radius 1 is 1.06 bits per heavy atom. The fraction of sp³-hybridized carbons (Fsp3) is 0.300. The van der Waals surface area contributed by atoms with Gasteiger partial charge in [-0.2, -0.15) is 0 Å². The minimum absolute atomic E-state index is 0. The Morgan fingerprint density at radius 2 is 1.79 bits per heavy atom. The SMILES string of the molecule is Cc1ccc(CN2CCC(C(=O)C3=C[CH]3)CC2)cc1C(=O)N[C@H](C)c1cccc2ccccc12.[HH].[HH]. The van der Waals surface area contributed by atoms with Crippen LogP contribution in [0.15, 0.2) is 72.3 Å². The second kappa shape index (κ2) is 9.55. The highest BCUT2D eigenvalue weighted by Gasteiger charge is 2.29. The van der Waals surface area contributed by atoms with E-state index in [4.69, 9.17) is 0 Å². The summed E-state index contributed by atoms with van der Waals surface area (Å²) in [7, 11) is 0. The molecule has 4 heteroatoms. The lowest BCUT2D eigenvalue weighted by atomic mass is 9.91. The first-order valence-corrected chi connectivity index (χ1v) is 12.2. The molecular weight excluding hydrogens is 420 g/mol. The van der Waals surface area contributed by atoms with E-state index in [1.54, 1.807) is 0 Å². The smallest absolute Gasteiger partial charge is 0.252 e. The topological polar surface area (TPSA) is 49.4 Å². The highest BCUT2D eigenvalue weighted by atomic mass is 16.1. The van der Waals surface area contributed by atoms with Crippen LogP contribution in [0.1, 0.15) is 55.7 Å². The number of aryl methyl sites for hydroxylation is 1. The van der Waals surface area contributed by atoms with Gasteiger partial charge in [0.25, 0.3) is 5.91 Å². The van der Waals surface area contributed by atoms with E-state index in [2.05, 4.69) is 40.5 Å². The van der Waals surface area contributed by atoms with Gasteiger partial charge in [-0.05, 0) is 78.9 Å². The lowest BCUT2D eigenvalue weighted by Gasteiger charge is -2.31. The third kappa shape index (κ3) is 4.83. The quantitative estimate of drug-likeness (QED) is 0.471. The number of allylic oxidation sites excluding steroid dienone is 2. The standard InChI is InChI=1S/C30H31N2O2.2H2/c1-20-10-11-22(19-32-16-14-25(15-17-32)29(33)24-12-13-24)18-28(20)30(34)31-21(2)26-9-5-7-23-6-3-4-8-27(23)26;;/h3-13,18,21,25H,14-17,19H2,1-2H3,(H,31,34);2*1H/t21-;;/m1../s1. The van der Waals surface area contributed by atoms with Gasteiger partial charge in [0, 0.05) is 27.3 Å². The molecule has 2 aliphatic rings. The van der Waals surface area contributed by atoms with Crippen molar-refractivity contribution >= 4 is 22.5 Å². The summed E-state index contributed by atoms with van der Waals surface area (Å²) < 4.78 is 0. The highest BCUT2D eigenvalue weighted by molar-refractivity contribution is 6.04. The molecule has 1 aliphatic heterocycles. The molecule has 0 unspecified atom stereocenters. The van der Waals surface area contributed by atoms with Gasteiger partial charge in [-0.25, -0.2) is 0 Å². The molecule has 34 heavy (non-hydrogen) atoms. The van der Waals surface area contributed by atoms with Crippen molar-refractivity contribution in [2.75, 3.05) is 13.1 Å². The number of nitrogens with one attached hydrogen (secondary N) is 1. The van der Waals surface area contributed by atoms with Gasteiger partial charge in [-0.1, -0.05) is 60.7 Å². The molecular formula is C30H35N2O2. The van der Waals surface area contributed by atoms with Crippen LogP contribution in [0.2, 0.25) is 0 Å². The van der Waals surface area contributed by atoms with E-state index in [-0.39, 0.29) is 20.7 Å². The number of carbonyl (C=O) groups is 2. The average molecular weight is 456 g/mol. The normalized spacial score (nSPS) is 17.3. The molecule has 3 aromatic carbocycles. The fourth-order valence-electron chi connectivity index (χ4n) is 5.05. The average Bonchev–Trinajstić information content (AvgIpc) is 3.70. The maximum atomic E-state index is 13.2. The van der Waals surface area contributed by atoms with Crippen LogP contribution >= 0.6 is 0 Å². The van der Waals surface area contributed by atoms with Crippen LogP contribution in [0.4, 0.5) is 0 Å². The van der Waals surface area contributed by atoms with E-state index in [1.807, 2.05) is 56.7 Å². The summed E-state index contributed by atoms with van der Waals surface area (Å²) in [6.07, 6.45) is 5.64. The largest absolute Gasteiger partial charge is 0.345 e. The molecule has 1 N–H and O–H groups in total. The molecule has 1 heterocycles. The molecule has 3 aromatic rings. The van der Waals surface area contributed by atoms with Crippen molar-refractivity contribution in [1.29, 1.82) is 0 Å². The summed E-state index contributed by atoms with van der Waals surface area (Å²) in [5.41, 5.74) is 4.87. The first-order valence-electron chi connectivity index (χ1n) is 12.2. The summed E-state index contributed by atoms with van der Waals surface area (Å²) >= 11 is 0. The van der Waals surface area contributed by atoms with Gasteiger partial charge >= 0.3 is 0 Å². The number of likely N-dealkylation sites (tertiary alicyclic amines) is 1. The summed E-state index contributed by atoms with van der Waals surface area (Å²) in [4.78, 5) is 27.9. The molecule has 0 bridgehead atoms. The van der Waals surface area contributed by atoms with Gasteiger partial charge < -0.3 is 5.32 Å². The van der Waals surface area contributed by atoms with E-state index in [9.17, 15) is 9.59 Å². The second-order valence-corrected chi connectivity index (χ2v) is 9.62. The maximum Gasteiger partial charge on any atom is 0.252 e. The molecule has 1 radical (unpaired) electrons. The van der Waals surface area contributed by atoms with Crippen LogP contribution in [-0.2, 0) is 11.3 Å². The van der Waals surface area contributed by atoms with Gasteiger partial charge in [0.05, 0.1) is 6.04 Å². The minimum atomic E-state index is -0.1000. The lowest BCUT2D eigenvalue weighted by Crippen LogP contribution is -2.36. The van der Waals surface area contributed by atoms with Crippen molar-refractivity contribution in [3.8, 4) is 0 Å². The Balaban J connectivity index is 0.00000180. The van der Waals surface area contributed by atoms with E-state index in [0.29, 0.717) is 5.78 Å². The number of hydrogen-bond donors (Lipinski definition) is 1. The number of Topliss-reactive ketones (excluding diaryl/α,β-unsaturated/α-hetero) is 1. The first kappa shape index (κ1) is 22.5. The maximum absolute atomic E-state index is 13.2. The zero-order valence-electron chi connectivity index (χ0n) is 19.9. The van der Waals surface area contributed by atoms with Gasteiger partial charge in [0.2, 0.25) is 0 Å². The van der Waals surface area contributed by atoms with Gasteiger partial charge in [0.1, 0.15) is 0 Å². The summed E-state index contributed by atoms with van der Waals surface area (Å²) in [6, 6.07) is 20.6. The van der Waals surface area contributed by atoms with Crippen LogP contribution in [-0.4, -0.2) is 29.7 Å². The Bertz CT molecular complexity index is 1270. The third-order valence-electron chi connectivity index (χ3n) is 7.17. The molecule has 5 rings (SSSR count). The Hall–Kier alpha value is -3.24. The number of fused-ring (bicyclic) bond motifs is 1. The van der Waals surface area contributed by atoms with Crippen molar-refractivity contribution < 1.29 is 12.4 Å². The number of piperidine rings is 1. The molecule has 1 fully saturated rings. The van der Waals surface area contributed by atoms with Crippen LogP contribution in [0.5, 0.6) is 0 Å². The van der Waals surface area contributed by atoms with Crippen molar-refractivity contribution in [3.63, 3.8) is 0 Å². The monoisotopic (exact) mass is 455 g/mol. The van der Waals surface area contributed by atoms with E-state index >= 15 is 0 Å². The molecule has 1 amide bonds. The van der Waals surface area contributed by atoms with E-state index in [1.165, 1.54) is 10.8 Å². The number of carbonyl (C=O) groups excluding carboxylic acids is 2. The summed E-state index contributed by atoms with van der Waals surface area (Å²) in [5, 5.41) is 5.56. The molecule has 0 saturated carbocycles. The highest BCUT2D eigenvalue weighted by Crippen LogP contribution is 2.29. The van der Waals surface area contributed by atoms with Crippen molar-refractivity contribution in [2.24, 2.45) is 5.92 Å². The second-order valence-electron chi connectivity index (χ2n) is 9.62. The predicted molar refractivity (Wildman–Crippen MR) is 141 cm³/mol. The Kier molecular flexibility index (Phi) is 6.34. The molecule has 1 aliphatic carbocycles. The number of hydrogen-bond acceptors (Lipinski definition) is 3. The predicted octanol–water partition coefficient (Wildman–Crippen LogP) is 6.06. The number of amides is 1. The molecule has 1 saturated heterocycles. The summed E-state index contributed by atoms with van der Waals surface area (Å²) in [6.45, 7) is 6.66. The number of rotatable bonds is 7. The Morgan fingerprint density at radius 3 is 2.56 bits per heavy atom. The number of ketones is 1. The number of benzene rings is 3.